The van der Waals surface area contributed by atoms with Crippen molar-refractivity contribution in [2.45, 2.75) is 19.5 Å². The van der Waals surface area contributed by atoms with Gasteiger partial charge in [0.15, 0.2) is 0 Å². The summed E-state index contributed by atoms with van der Waals surface area (Å²) >= 11 is 0. The maximum absolute atomic E-state index is 12.0. The van der Waals surface area contributed by atoms with Gasteiger partial charge in [-0.3, -0.25) is 9.36 Å². The Morgan fingerprint density at radius 1 is 1.18 bits per heavy atom. The van der Waals surface area contributed by atoms with Gasteiger partial charge in [0.2, 0.25) is 11.9 Å². The summed E-state index contributed by atoms with van der Waals surface area (Å²) in [6.07, 6.45) is 0.773. The Morgan fingerprint density at radius 3 is 2.76 bits per heavy atom. The van der Waals surface area contributed by atoms with Crippen molar-refractivity contribution in [3.63, 3.8) is 0 Å². The maximum Gasteiger partial charge on any atom is 0.488 e. The van der Waals surface area contributed by atoms with Crippen LogP contribution in [0.4, 0.5) is 11.6 Å². The minimum atomic E-state index is -1.53. The molecule has 0 unspecified atom stereocenters. The van der Waals surface area contributed by atoms with Crippen molar-refractivity contribution in [3.8, 4) is 5.95 Å². The molecule has 10 nitrogen and oxygen atoms in total. The number of nitrogens with one attached hydrogen (secondary N) is 2. The van der Waals surface area contributed by atoms with Crippen molar-refractivity contribution in [3.05, 3.63) is 70.9 Å². The first kappa shape index (κ1) is 21.9. The molecule has 3 heterocycles. The van der Waals surface area contributed by atoms with Crippen molar-refractivity contribution >= 4 is 41.0 Å². The average molecular weight is 457 g/mol. The number of carbonyl (C=O) groups is 1. The molecule has 11 heteroatoms. The zero-order valence-corrected chi connectivity index (χ0v) is 18.3. The highest BCUT2D eigenvalue weighted by Gasteiger charge is 2.22. The third-order valence-electron chi connectivity index (χ3n) is 5.97. The van der Waals surface area contributed by atoms with Gasteiger partial charge in [-0.25, -0.2) is 0 Å². The summed E-state index contributed by atoms with van der Waals surface area (Å²) in [6, 6.07) is 14.2. The van der Waals surface area contributed by atoms with E-state index >= 15 is 0 Å². The van der Waals surface area contributed by atoms with Crippen LogP contribution in [-0.4, -0.2) is 44.2 Å². The minimum Gasteiger partial charge on any atom is -0.423 e. The van der Waals surface area contributed by atoms with E-state index in [1.54, 1.807) is 30.3 Å². The monoisotopic (exact) mass is 457 g/mol. The molecule has 2 aromatic carbocycles. The Labute approximate surface area is 195 Å². The lowest BCUT2D eigenvalue weighted by atomic mass is 9.80. The maximum atomic E-state index is 12.0. The summed E-state index contributed by atoms with van der Waals surface area (Å²) in [5, 5.41) is 26.3. The van der Waals surface area contributed by atoms with Crippen LogP contribution in [0.3, 0.4) is 0 Å². The molecule has 0 saturated carbocycles. The molecule has 5 rings (SSSR count). The molecular formula is C23H24BN7O3. The molecule has 172 valence electrons. The van der Waals surface area contributed by atoms with E-state index in [4.69, 9.17) is 21.4 Å². The third-order valence-corrected chi connectivity index (χ3v) is 5.97. The number of hydrogen-bond acceptors (Lipinski definition) is 8. The van der Waals surface area contributed by atoms with Gasteiger partial charge in [0.05, 0.1) is 5.52 Å². The number of primary amides is 1. The number of anilines is 2. The highest BCUT2D eigenvalue weighted by molar-refractivity contribution is 6.58. The zero-order valence-electron chi connectivity index (χ0n) is 18.3. The normalized spacial score (nSPS) is 12.4. The number of amides is 1. The van der Waals surface area contributed by atoms with Gasteiger partial charge in [-0.05, 0) is 35.6 Å². The number of aromatic nitrogens is 3. The molecule has 1 aliphatic heterocycles. The van der Waals surface area contributed by atoms with Crippen molar-refractivity contribution in [1.29, 1.82) is 0 Å². The summed E-state index contributed by atoms with van der Waals surface area (Å²) in [5.74, 6) is 1.33. The van der Waals surface area contributed by atoms with Crippen molar-refractivity contribution < 1.29 is 14.8 Å². The second-order valence-electron chi connectivity index (χ2n) is 8.13. The van der Waals surface area contributed by atoms with Gasteiger partial charge in [-0.15, -0.1) is 0 Å². The first-order chi connectivity index (χ1) is 16.5. The Morgan fingerprint density at radius 2 is 2.00 bits per heavy atom. The van der Waals surface area contributed by atoms with E-state index in [0.29, 0.717) is 34.7 Å². The summed E-state index contributed by atoms with van der Waals surface area (Å²) in [7, 11) is -1.53. The van der Waals surface area contributed by atoms with E-state index in [2.05, 4.69) is 10.6 Å². The van der Waals surface area contributed by atoms with E-state index in [9.17, 15) is 14.8 Å². The second-order valence-corrected chi connectivity index (χ2v) is 8.13. The summed E-state index contributed by atoms with van der Waals surface area (Å²) < 4.78 is 1.84. The number of carbonyl (C=O) groups excluding carboxylic acids is 1. The largest absolute Gasteiger partial charge is 0.488 e. The molecule has 0 fully saturated rings. The molecular weight excluding hydrogens is 433 g/mol. The van der Waals surface area contributed by atoms with Crippen LogP contribution in [0.15, 0.2) is 48.5 Å². The van der Waals surface area contributed by atoms with Gasteiger partial charge < -0.3 is 32.1 Å². The van der Waals surface area contributed by atoms with Gasteiger partial charge in [-0.2, -0.15) is 9.97 Å². The molecule has 2 aromatic heterocycles. The Bertz CT molecular complexity index is 1400. The molecule has 1 aliphatic rings. The summed E-state index contributed by atoms with van der Waals surface area (Å²) in [6.45, 7) is 1.40. The number of benzene rings is 2. The topological polar surface area (TPSA) is 164 Å². The molecule has 34 heavy (non-hydrogen) atoms. The lowest BCUT2D eigenvalue weighted by molar-refractivity contribution is 0.100. The lowest BCUT2D eigenvalue weighted by Gasteiger charge is -2.15. The highest BCUT2D eigenvalue weighted by atomic mass is 16.4. The number of nitrogens with zero attached hydrogens (tertiary/aromatic N) is 3. The van der Waals surface area contributed by atoms with Crippen LogP contribution in [0.2, 0.25) is 0 Å². The zero-order chi connectivity index (χ0) is 23.8. The molecule has 0 atom stereocenters. The standard InChI is InChI=1S/C23H24BN7O3/c25-11-15-10-18-16(20(26)32)5-2-6-19(18)31(15)23-29-21-17(7-8-27-21)22(30-23)28-12-13-3-1-4-14(9-13)24(33)34/h1-6,9-10,33-34H,7-8,11-12,25H2,(H2,26,32)(H2,27,28,29,30). The van der Waals surface area contributed by atoms with Gasteiger partial charge >= 0.3 is 7.12 Å². The van der Waals surface area contributed by atoms with Crippen molar-refractivity contribution in [1.82, 2.24) is 14.5 Å². The van der Waals surface area contributed by atoms with Crippen LogP contribution in [0.5, 0.6) is 0 Å². The van der Waals surface area contributed by atoms with Gasteiger partial charge in [-0.1, -0.05) is 30.3 Å². The van der Waals surface area contributed by atoms with Crippen LogP contribution in [0.25, 0.3) is 16.9 Å². The highest BCUT2D eigenvalue weighted by Crippen LogP contribution is 2.31. The summed E-state index contributed by atoms with van der Waals surface area (Å²) in [5.41, 5.74) is 15.8. The molecule has 8 N–H and O–H groups in total. The minimum absolute atomic E-state index is 0.222. The molecule has 0 saturated heterocycles. The van der Waals surface area contributed by atoms with Crippen LogP contribution in [0, 0.1) is 0 Å². The molecule has 0 spiro atoms. The number of hydrogen-bond donors (Lipinski definition) is 6. The number of rotatable bonds is 7. The van der Waals surface area contributed by atoms with Crippen molar-refractivity contribution in [2.24, 2.45) is 11.5 Å². The number of fused-ring (bicyclic) bond motifs is 2. The van der Waals surface area contributed by atoms with Crippen LogP contribution in [0.1, 0.15) is 27.2 Å². The lowest BCUT2D eigenvalue weighted by Crippen LogP contribution is -2.30. The van der Waals surface area contributed by atoms with Crippen LogP contribution >= 0.6 is 0 Å². The quantitative estimate of drug-likeness (QED) is 0.215. The summed E-state index contributed by atoms with van der Waals surface area (Å²) in [4.78, 5) is 21.5. The van der Waals surface area contributed by atoms with E-state index in [0.717, 1.165) is 41.1 Å². The first-order valence-electron chi connectivity index (χ1n) is 10.9. The molecule has 1 amide bonds. The predicted octanol–water partition coefficient (Wildman–Crippen LogP) is 0.238. The average Bonchev–Trinajstić information content (AvgIpc) is 3.46. The van der Waals surface area contributed by atoms with Gasteiger partial charge in [0.25, 0.3) is 0 Å². The van der Waals surface area contributed by atoms with Gasteiger partial charge in [0.1, 0.15) is 11.6 Å². The Balaban J connectivity index is 1.58. The Kier molecular flexibility index (Phi) is 5.66. The van der Waals surface area contributed by atoms with Crippen molar-refractivity contribution in [2.75, 3.05) is 17.2 Å². The van der Waals surface area contributed by atoms with Crippen LogP contribution in [-0.2, 0) is 19.5 Å². The molecule has 0 radical (unpaired) electrons. The fraction of sp³-hybridized carbons (Fsp3) is 0.174. The predicted molar refractivity (Wildman–Crippen MR) is 131 cm³/mol. The SMILES string of the molecule is NCc1cc2c(C(N)=O)cccc2n1-c1nc2c(c(NCc3cccc(B(O)O)c3)n1)CCN2. The van der Waals surface area contributed by atoms with Gasteiger partial charge in [0, 0.05) is 41.8 Å². The molecule has 0 bridgehead atoms. The number of nitrogens with two attached hydrogens (primary N) is 2. The molecule has 4 aromatic rings. The fourth-order valence-corrected chi connectivity index (χ4v) is 4.34. The first-order valence-corrected chi connectivity index (χ1v) is 10.9. The third kappa shape index (κ3) is 3.85. The van der Waals surface area contributed by atoms with Crippen LogP contribution < -0.4 is 27.6 Å². The van der Waals surface area contributed by atoms with E-state index in [-0.39, 0.29) is 6.54 Å². The Hall–Kier alpha value is -3.93. The second kappa shape index (κ2) is 8.78. The van der Waals surface area contributed by atoms with E-state index in [1.807, 2.05) is 22.8 Å². The van der Waals surface area contributed by atoms with E-state index in [1.165, 1.54) is 0 Å². The fourth-order valence-electron chi connectivity index (χ4n) is 4.34. The molecule has 0 aliphatic carbocycles. The smallest absolute Gasteiger partial charge is 0.423 e. The van der Waals surface area contributed by atoms with E-state index < -0.39 is 13.0 Å².